The van der Waals surface area contributed by atoms with E-state index >= 15 is 0 Å². The largest absolute Gasteiger partial charge is 0.323 e. The average Bonchev–Trinajstić information content (AvgIpc) is 2.95. The number of fused-ring (bicyclic) bond motifs is 1. The van der Waals surface area contributed by atoms with Gasteiger partial charge in [0.25, 0.3) is 5.69 Å². The van der Waals surface area contributed by atoms with E-state index in [4.69, 9.17) is 0 Å². The van der Waals surface area contributed by atoms with E-state index in [0.29, 0.717) is 41.9 Å². The van der Waals surface area contributed by atoms with Crippen molar-refractivity contribution in [1.82, 2.24) is 0 Å². The molecule has 0 unspecified atom stereocenters. The minimum absolute atomic E-state index is 0.0118. The molecule has 1 aliphatic heterocycles. The second-order valence-electron chi connectivity index (χ2n) is 7.81. The summed E-state index contributed by atoms with van der Waals surface area (Å²) in [5.74, 6) is -0.263. The fraction of sp³-hybridized carbons (Fsp3) is 0.579. The lowest BCUT2D eigenvalue weighted by atomic mass is 9.93. The number of nitro groups is 1. The van der Waals surface area contributed by atoms with Crippen molar-refractivity contribution >= 4 is 28.9 Å². The predicted octanol–water partition coefficient (Wildman–Crippen LogP) is 3.89. The maximum Gasteiger partial charge on any atom is 0.277 e. The van der Waals surface area contributed by atoms with Gasteiger partial charge in [-0.15, -0.1) is 0 Å². The summed E-state index contributed by atoms with van der Waals surface area (Å²) in [7, 11) is 0. The summed E-state index contributed by atoms with van der Waals surface area (Å²) in [6.07, 6.45) is 1.68. The summed E-state index contributed by atoms with van der Waals surface area (Å²) in [6.45, 7) is 11.1. The summed E-state index contributed by atoms with van der Waals surface area (Å²) < 4.78 is 0. The van der Waals surface area contributed by atoms with Gasteiger partial charge in [0.1, 0.15) is 0 Å². The molecule has 2 amide bonds. The van der Waals surface area contributed by atoms with Crippen LogP contribution < -0.4 is 10.2 Å². The number of nitrogens with zero attached hydrogens (tertiary/aromatic N) is 2. The van der Waals surface area contributed by atoms with E-state index in [0.717, 1.165) is 12.0 Å². The number of hydrogen-bond acceptors (Lipinski definition) is 4. The molecule has 0 aliphatic carbocycles. The number of hydrogen-bond donors (Lipinski definition) is 1. The number of benzene rings is 1. The summed E-state index contributed by atoms with van der Waals surface area (Å²) >= 11 is 0. The summed E-state index contributed by atoms with van der Waals surface area (Å²) in [6, 6.07) is 0. The molecule has 0 saturated heterocycles. The third-order valence-corrected chi connectivity index (χ3v) is 4.78. The van der Waals surface area contributed by atoms with Crippen LogP contribution in [-0.2, 0) is 16.0 Å². The number of amides is 2. The van der Waals surface area contributed by atoms with Crippen molar-refractivity contribution in [2.24, 2.45) is 5.41 Å². The van der Waals surface area contributed by atoms with Crippen LogP contribution in [-0.4, -0.2) is 23.3 Å². The van der Waals surface area contributed by atoms with Gasteiger partial charge in [-0.2, -0.15) is 0 Å². The minimum Gasteiger partial charge on any atom is -0.323 e. The smallest absolute Gasteiger partial charge is 0.277 e. The van der Waals surface area contributed by atoms with Crippen molar-refractivity contribution in [2.75, 3.05) is 16.8 Å². The molecule has 0 radical (unpaired) electrons. The third-order valence-electron chi connectivity index (χ3n) is 4.78. The number of anilines is 2. The quantitative estimate of drug-likeness (QED) is 0.650. The van der Waals surface area contributed by atoms with Crippen LogP contribution in [0.2, 0.25) is 0 Å². The van der Waals surface area contributed by atoms with Crippen LogP contribution in [0, 0.1) is 29.4 Å². The highest BCUT2D eigenvalue weighted by Gasteiger charge is 2.36. The monoisotopic (exact) mass is 361 g/mol. The molecule has 0 atom stereocenters. The molecule has 7 nitrogen and oxygen atoms in total. The summed E-state index contributed by atoms with van der Waals surface area (Å²) in [4.78, 5) is 38.0. The highest BCUT2D eigenvalue weighted by atomic mass is 16.6. The fourth-order valence-electron chi connectivity index (χ4n) is 3.31. The van der Waals surface area contributed by atoms with E-state index in [9.17, 15) is 19.7 Å². The van der Waals surface area contributed by atoms with Crippen LogP contribution in [0.1, 0.15) is 57.2 Å². The second kappa shape index (κ2) is 7.05. The number of nitrogens with one attached hydrogen (secondary N) is 1. The van der Waals surface area contributed by atoms with Gasteiger partial charge in [0, 0.05) is 23.9 Å². The maximum absolute atomic E-state index is 12.6. The zero-order chi connectivity index (χ0) is 19.8. The molecule has 2 rings (SSSR count). The Morgan fingerprint density at radius 2 is 1.85 bits per heavy atom. The molecular weight excluding hydrogens is 334 g/mol. The van der Waals surface area contributed by atoms with Gasteiger partial charge in [-0.1, -0.05) is 27.7 Å². The van der Waals surface area contributed by atoms with Crippen LogP contribution in [0.5, 0.6) is 0 Å². The Labute approximate surface area is 153 Å². The highest BCUT2D eigenvalue weighted by molar-refractivity contribution is 6.06. The number of nitro benzene ring substituents is 1. The van der Waals surface area contributed by atoms with E-state index in [-0.39, 0.29) is 17.5 Å². The van der Waals surface area contributed by atoms with Crippen LogP contribution in [0.15, 0.2) is 0 Å². The van der Waals surface area contributed by atoms with Crippen molar-refractivity contribution in [3.63, 3.8) is 0 Å². The molecule has 0 saturated carbocycles. The van der Waals surface area contributed by atoms with Crippen LogP contribution in [0.4, 0.5) is 17.1 Å². The first kappa shape index (κ1) is 19.9. The molecule has 26 heavy (non-hydrogen) atoms. The van der Waals surface area contributed by atoms with E-state index in [1.54, 1.807) is 39.5 Å². The van der Waals surface area contributed by atoms with E-state index in [1.807, 2.05) is 6.92 Å². The SMILES string of the molecule is CCCC(=O)N1CCc2c(C)c([N+](=O)[O-])c(C)c(NC(=O)C(C)(C)C)c21. The number of rotatable bonds is 4. The zero-order valence-corrected chi connectivity index (χ0v) is 16.4. The van der Waals surface area contributed by atoms with Gasteiger partial charge < -0.3 is 10.2 Å². The molecule has 1 heterocycles. The minimum atomic E-state index is -0.657. The molecule has 0 bridgehead atoms. The predicted molar refractivity (Wildman–Crippen MR) is 102 cm³/mol. The molecule has 142 valence electrons. The molecule has 1 N–H and O–H groups in total. The van der Waals surface area contributed by atoms with Crippen LogP contribution >= 0.6 is 0 Å². The molecular formula is C19H27N3O4. The second-order valence-corrected chi connectivity index (χ2v) is 7.81. The van der Waals surface area contributed by atoms with E-state index in [2.05, 4.69) is 5.32 Å². The highest BCUT2D eigenvalue weighted by Crippen LogP contribution is 2.45. The van der Waals surface area contributed by atoms with Crippen molar-refractivity contribution in [3.8, 4) is 0 Å². The topological polar surface area (TPSA) is 92.6 Å². The molecule has 0 fully saturated rings. The average molecular weight is 361 g/mol. The Hall–Kier alpha value is -2.44. The third kappa shape index (κ3) is 3.43. The molecule has 7 heteroatoms. The molecule has 1 aliphatic rings. The molecule has 0 spiro atoms. The Kier molecular flexibility index (Phi) is 5.39. The molecule has 1 aromatic carbocycles. The Morgan fingerprint density at radius 1 is 1.23 bits per heavy atom. The van der Waals surface area contributed by atoms with Gasteiger partial charge in [-0.25, -0.2) is 0 Å². The van der Waals surface area contributed by atoms with E-state index in [1.165, 1.54) is 0 Å². The normalized spacial score (nSPS) is 13.5. The van der Waals surface area contributed by atoms with Crippen molar-refractivity contribution in [2.45, 2.75) is 60.8 Å². The molecule has 1 aromatic rings. The lowest BCUT2D eigenvalue weighted by molar-refractivity contribution is -0.386. The van der Waals surface area contributed by atoms with E-state index < -0.39 is 10.3 Å². The fourth-order valence-corrected chi connectivity index (χ4v) is 3.31. The summed E-state index contributed by atoms with van der Waals surface area (Å²) in [5.41, 5.74) is 2.10. The van der Waals surface area contributed by atoms with Gasteiger partial charge in [0.05, 0.1) is 21.9 Å². The summed E-state index contributed by atoms with van der Waals surface area (Å²) in [5, 5.41) is 14.5. The van der Waals surface area contributed by atoms with Gasteiger partial charge >= 0.3 is 0 Å². The first-order chi connectivity index (χ1) is 12.0. The van der Waals surface area contributed by atoms with Crippen molar-refractivity contribution in [3.05, 3.63) is 26.8 Å². The van der Waals surface area contributed by atoms with Crippen LogP contribution in [0.25, 0.3) is 0 Å². The van der Waals surface area contributed by atoms with Gasteiger partial charge in [0.2, 0.25) is 11.8 Å². The van der Waals surface area contributed by atoms with Crippen molar-refractivity contribution < 1.29 is 14.5 Å². The van der Waals surface area contributed by atoms with Gasteiger partial charge in [-0.05, 0) is 32.3 Å². The lowest BCUT2D eigenvalue weighted by Gasteiger charge is -2.25. The first-order valence-electron chi connectivity index (χ1n) is 8.92. The first-order valence-corrected chi connectivity index (χ1v) is 8.92. The lowest BCUT2D eigenvalue weighted by Crippen LogP contribution is -2.32. The number of carbonyl (C=O) groups is 2. The van der Waals surface area contributed by atoms with Gasteiger partial charge in [0.15, 0.2) is 0 Å². The van der Waals surface area contributed by atoms with Crippen LogP contribution in [0.3, 0.4) is 0 Å². The Balaban J connectivity index is 2.70. The Bertz CT molecular complexity index is 778. The zero-order valence-electron chi connectivity index (χ0n) is 16.4. The number of carbonyl (C=O) groups excluding carboxylic acids is 2. The Morgan fingerprint density at radius 3 is 2.35 bits per heavy atom. The van der Waals surface area contributed by atoms with Gasteiger partial charge in [-0.3, -0.25) is 19.7 Å². The standard InChI is InChI=1S/C19H27N3O4/c1-7-8-14(23)21-10-9-13-11(2)16(22(25)26)12(3)15(17(13)21)20-18(24)19(4,5)6/h7-10H2,1-6H3,(H,20,24). The van der Waals surface area contributed by atoms with Crippen molar-refractivity contribution in [1.29, 1.82) is 0 Å². The maximum atomic E-state index is 12.6. The molecule has 0 aromatic heterocycles.